The highest BCUT2D eigenvalue weighted by atomic mass is 14.8. The van der Waals surface area contributed by atoms with Crippen LogP contribution >= 0.6 is 0 Å². The van der Waals surface area contributed by atoms with Gasteiger partial charge in [0, 0.05) is 23.5 Å². The van der Waals surface area contributed by atoms with Crippen LogP contribution in [0.4, 0.5) is 0 Å². The van der Waals surface area contributed by atoms with Gasteiger partial charge in [0.2, 0.25) is 0 Å². The van der Waals surface area contributed by atoms with Crippen molar-refractivity contribution in [2.45, 2.75) is 0 Å². The fraction of sp³-hybridized carbons (Fsp3) is 0. The van der Waals surface area contributed by atoms with Gasteiger partial charge >= 0.3 is 0 Å². The van der Waals surface area contributed by atoms with Crippen LogP contribution in [0.1, 0.15) is 11.1 Å². The summed E-state index contributed by atoms with van der Waals surface area (Å²) in [6.45, 7) is 0. The molecular weight excluding hydrogens is 202 g/mol. The maximum absolute atomic E-state index is 8.94. The lowest BCUT2D eigenvalue weighted by atomic mass is 10.1. The smallest absolute Gasteiger partial charge is 0.104 e. The van der Waals surface area contributed by atoms with Gasteiger partial charge in [-0.25, -0.2) is 0 Å². The average Bonchev–Trinajstić information content (AvgIpc) is 2.83. The van der Waals surface area contributed by atoms with Crippen LogP contribution in [0.3, 0.4) is 0 Å². The summed E-state index contributed by atoms with van der Waals surface area (Å²) in [5.74, 6) is 0. The van der Waals surface area contributed by atoms with Crippen LogP contribution < -0.4 is 5.73 Å². The molecule has 16 heavy (non-hydrogen) atoms. The van der Waals surface area contributed by atoms with Crippen molar-refractivity contribution in [2.24, 2.45) is 5.73 Å². The van der Waals surface area contributed by atoms with Crippen LogP contribution in [-0.2, 0) is 0 Å². The second-order valence-corrected chi connectivity index (χ2v) is 3.56. The third-order valence-corrected chi connectivity index (χ3v) is 2.75. The number of nitriles is 1. The summed E-state index contributed by atoms with van der Waals surface area (Å²) in [5.41, 5.74) is 9.52. The number of allylic oxidation sites excluding steroid dienone is 1. The highest BCUT2D eigenvalue weighted by molar-refractivity contribution is 6.26. The monoisotopic (exact) mass is 209 g/mol. The Bertz CT molecular complexity index is 699. The Morgan fingerprint density at radius 1 is 1.50 bits per heavy atom. The van der Waals surface area contributed by atoms with Crippen molar-refractivity contribution in [3.8, 4) is 6.07 Å². The van der Waals surface area contributed by atoms with Crippen LogP contribution in [0.15, 0.2) is 24.0 Å². The first kappa shape index (κ1) is 8.68. The Morgan fingerprint density at radius 3 is 3.06 bits per heavy atom. The number of aromatic amines is 1. The molecule has 2 heterocycles. The van der Waals surface area contributed by atoms with Gasteiger partial charge in [-0.3, -0.25) is 10.4 Å². The first-order chi connectivity index (χ1) is 7.74. The molecule has 2 aromatic heterocycles. The molecule has 1 aliphatic rings. The molecular formula is C11H7N5. The zero-order valence-corrected chi connectivity index (χ0v) is 8.20. The predicted octanol–water partition coefficient (Wildman–Crippen LogP) is 1.14. The Hall–Kier alpha value is -2.61. The molecule has 5 heteroatoms. The molecule has 3 rings (SSSR count). The quantitative estimate of drug-likeness (QED) is 0.606. The van der Waals surface area contributed by atoms with E-state index in [0.29, 0.717) is 11.3 Å². The fourth-order valence-electron chi connectivity index (χ4n) is 1.98. The number of hydrogen-bond acceptors (Lipinski definition) is 4. The Morgan fingerprint density at radius 2 is 2.31 bits per heavy atom. The molecule has 0 unspecified atom stereocenters. The van der Waals surface area contributed by atoms with Crippen LogP contribution in [0.2, 0.25) is 0 Å². The summed E-state index contributed by atoms with van der Waals surface area (Å²) < 4.78 is 0. The number of nitrogens with two attached hydrogens (primary N) is 1. The zero-order chi connectivity index (χ0) is 11.3. The molecule has 2 aromatic rings. The van der Waals surface area contributed by atoms with Crippen LogP contribution in [0, 0.1) is 16.7 Å². The van der Waals surface area contributed by atoms with E-state index in [4.69, 9.17) is 16.4 Å². The zero-order valence-electron chi connectivity index (χ0n) is 8.20. The molecule has 0 spiro atoms. The minimum Gasteiger partial charge on any atom is -0.397 e. The van der Waals surface area contributed by atoms with E-state index >= 15 is 0 Å². The number of nitrogens with one attached hydrogen (secondary N) is 2. The molecule has 0 bridgehead atoms. The number of pyridine rings is 1. The van der Waals surface area contributed by atoms with Gasteiger partial charge in [0.15, 0.2) is 0 Å². The molecule has 4 N–H and O–H groups in total. The molecule has 0 aliphatic heterocycles. The van der Waals surface area contributed by atoms with Gasteiger partial charge in [0.25, 0.3) is 0 Å². The van der Waals surface area contributed by atoms with Crippen LogP contribution in [0.25, 0.3) is 16.7 Å². The molecule has 0 amide bonds. The maximum atomic E-state index is 8.94. The number of fused-ring (bicyclic) bond motifs is 3. The molecule has 1 aliphatic carbocycles. The van der Waals surface area contributed by atoms with E-state index in [0.717, 1.165) is 16.6 Å². The second-order valence-electron chi connectivity index (χ2n) is 3.56. The number of hydrogen-bond donors (Lipinski definition) is 3. The van der Waals surface area contributed by atoms with Gasteiger partial charge in [0.05, 0.1) is 22.4 Å². The summed E-state index contributed by atoms with van der Waals surface area (Å²) in [6.07, 6.45) is 3.35. The Labute approximate surface area is 90.7 Å². The molecule has 0 fully saturated rings. The lowest BCUT2D eigenvalue weighted by Crippen LogP contribution is -1.97. The molecule has 0 aromatic carbocycles. The number of rotatable bonds is 0. The van der Waals surface area contributed by atoms with Crippen molar-refractivity contribution in [3.63, 3.8) is 0 Å². The minimum absolute atomic E-state index is 0.152. The van der Waals surface area contributed by atoms with Crippen molar-refractivity contribution < 1.29 is 0 Å². The number of nitrogens with zero attached hydrogens (tertiary/aromatic N) is 2. The minimum atomic E-state index is 0.152. The van der Waals surface area contributed by atoms with E-state index in [9.17, 15) is 0 Å². The van der Waals surface area contributed by atoms with Gasteiger partial charge in [-0.1, -0.05) is 0 Å². The Balaban J connectivity index is 2.49. The van der Waals surface area contributed by atoms with Gasteiger partial charge < -0.3 is 10.7 Å². The summed E-state index contributed by atoms with van der Waals surface area (Å²) in [5, 5.41) is 16.8. The van der Waals surface area contributed by atoms with E-state index in [1.807, 2.05) is 12.1 Å². The summed E-state index contributed by atoms with van der Waals surface area (Å²) in [6, 6.07) is 3.79. The highest BCUT2D eigenvalue weighted by Gasteiger charge is 2.27. The molecule has 0 atom stereocenters. The van der Waals surface area contributed by atoms with E-state index in [2.05, 4.69) is 9.97 Å². The van der Waals surface area contributed by atoms with Crippen LogP contribution in [-0.4, -0.2) is 15.7 Å². The van der Waals surface area contributed by atoms with E-state index in [1.165, 1.54) is 0 Å². The van der Waals surface area contributed by atoms with Crippen molar-refractivity contribution in [2.75, 3.05) is 0 Å². The summed E-state index contributed by atoms with van der Waals surface area (Å²) in [4.78, 5) is 7.24. The number of aromatic nitrogens is 2. The van der Waals surface area contributed by atoms with Gasteiger partial charge in [-0.05, 0) is 6.07 Å². The van der Waals surface area contributed by atoms with Crippen molar-refractivity contribution in [1.29, 1.82) is 10.7 Å². The lowest BCUT2D eigenvalue weighted by molar-refractivity contribution is 1.36. The summed E-state index contributed by atoms with van der Waals surface area (Å²) >= 11 is 0. The third-order valence-electron chi connectivity index (χ3n) is 2.75. The predicted molar refractivity (Wildman–Crippen MR) is 59.6 cm³/mol. The van der Waals surface area contributed by atoms with Gasteiger partial charge in [-0.15, -0.1) is 0 Å². The van der Waals surface area contributed by atoms with E-state index in [1.54, 1.807) is 12.4 Å². The van der Waals surface area contributed by atoms with Crippen LogP contribution in [0.5, 0.6) is 0 Å². The standard InChI is InChI=1S/C11H7N5/c12-3-5-9(13)6-4-16-7-1-2-15-11(7)8(6)10(5)14/h1-2,4,13,15H,14H2. The fourth-order valence-corrected chi connectivity index (χ4v) is 1.98. The summed E-state index contributed by atoms with van der Waals surface area (Å²) in [7, 11) is 0. The molecule has 76 valence electrons. The van der Waals surface area contributed by atoms with E-state index in [-0.39, 0.29) is 11.3 Å². The van der Waals surface area contributed by atoms with E-state index < -0.39 is 0 Å². The highest BCUT2D eigenvalue weighted by Crippen LogP contribution is 2.32. The molecule has 0 saturated carbocycles. The molecule has 5 nitrogen and oxygen atoms in total. The average molecular weight is 209 g/mol. The number of H-pyrrole nitrogens is 1. The maximum Gasteiger partial charge on any atom is 0.104 e. The normalized spacial score (nSPS) is 14.3. The van der Waals surface area contributed by atoms with Gasteiger partial charge in [0.1, 0.15) is 11.6 Å². The third kappa shape index (κ3) is 0.834. The second kappa shape index (κ2) is 2.70. The molecule has 0 saturated heterocycles. The van der Waals surface area contributed by atoms with Gasteiger partial charge in [-0.2, -0.15) is 5.26 Å². The largest absolute Gasteiger partial charge is 0.397 e. The first-order valence-corrected chi connectivity index (χ1v) is 4.69. The molecule has 0 radical (unpaired) electrons. The Kier molecular flexibility index (Phi) is 1.47. The lowest BCUT2D eigenvalue weighted by Gasteiger charge is -2.01. The first-order valence-electron chi connectivity index (χ1n) is 4.69. The van der Waals surface area contributed by atoms with Crippen molar-refractivity contribution >= 4 is 22.4 Å². The topological polar surface area (TPSA) is 102 Å². The van der Waals surface area contributed by atoms with Crippen molar-refractivity contribution in [3.05, 3.63) is 35.2 Å². The SMILES string of the molecule is N#CC1=C(N)c2c(cnc3cc[nH]c23)C1=N. The van der Waals surface area contributed by atoms with Crippen molar-refractivity contribution in [1.82, 2.24) is 9.97 Å².